The zero-order valence-corrected chi connectivity index (χ0v) is 12.7. The summed E-state index contributed by atoms with van der Waals surface area (Å²) in [6.45, 7) is 0. The first kappa shape index (κ1) is 14.3. The number of aromatic nitrogens is 1. The van der Waals surface area contributed by atoms with Gasteiger partial charge in [0, 0.05) is 18.7 Å². The van der Waals surface area contributed by atoms with Crippen molar-refractivity contribution in [1.29, 1.82) is 5.41 Å². The van der Waals surface area contributed by atoms with Crippen molar-refractivity contribution >= 4 is 17.0 Å². The van der Waals surface area contributed by atoms with E-state index in [2.05, 4.69) is 0 Å². The Morgan fingerprint density at radius 1 is 1.18 bits per heavy atom. The molecule has 110 valence electrons. The quantitative estimate of drug-likeness (QED) is 0.729. The third kappa shape index (κ3) is 2.35. The number of nitrogens with one attached hydrogen (secondary N) is 1. The fourth-order valence-corrected chi connectivity index (χ4v) is 3.11. The van der Waals surface area contributed by atoms with Crippen LogP contribution in [0.1, 0.15) is 11.1 Å². The van der Waals surface area contributed by atoms with Crippen LogP contribution in [0.15, 0.2) is 58.7 Å². The number of nitrogens with zero attached hydrogens (tertiary/aromatic N) is 1. The van der Waals surface area contributed by atoms with Crippen LogP contribution < -0.4 is 5.56 Å². The third-order valence-electron chi connectivity index (χ3n) is 3.50. The summed E-state index contributed by atoms with van der Waals surface area (Å²) in [5.74, 6) is -0.166. The van der Waals surface area contributed by atoms with E-state index < -0.39 is 0 Å². The van der Waals surface area contributed by atoms with E-state index in [9.17, 15) is 9.90 Å². The number of pyridine rings is 1. The largest absolute Gasteiger partial charge is 0.507 e. The highest BCUT2D eigenvalue weighted by Gasteiger charge is 2.18. The summed E-state index contributed by atoms with van der Waals surface area (Å²) < 4.78 is 1.47. The Labute approximate surface area is 131 Å². The average molecular weight is 310 g/mol. The van der Waals surface area contributed by atoms with Gasteiger partial charge in [0.1, 0.15) is 11.3 Å². The Kier molecular flexibility index (Phi) is 3.65. The highest BCUT2D eigenvalue weighted by atomic mass is 32.1. The highest BCUT2D eigenvalue weighted by molar-refractivity contribution is 7.13. The first-order chi connectivity index (χ1) is 10.6. The van der Waals surface area contributed by atoms with E-state index in [1.165, 1.54) is 15.9 Å². The van der Waals surface area contributed by atoms with Crippen molar-refractivity contribution in [1.82, 2.24) is 4.57 Å². The van der Waals surface area contributed by atoms with E-state index in [1.807, 2.05) is 23.6 Å². The van der Waals surface area contributed by atoms with Gasteiger partial charge in [-0.2, -0.15) is 0 Å². The minimum atomic E-state index is -0.378. The van der Waals surface area contributed by atoms with Gasteiger partial charge in [-0.25, -0.2) is 0 Å². The van der Waals surface area contributed by atoms with Crippen LogP contribution in [-0.2, 0) is 7.05 Å². The number of benzene rings is 1. The summed E-state index contributed by atoms with van der Waals surface area (Å²) in [4.78, 5) is 13.5. The number of hydrogen-bond acceptors (Lipinski definition) is 4. The second kappa shape index (κ2) is 5.61. The molecule has 0 aliphatic heterocycles. The number of hydrogen-bond donors (Lipinski definition) is 2. The predicted octanol–water partition coefficient (Wildman–Crippen LogP) is 3.24. The standard InChI is InChI=1S/C17H14N2O2S/c1-19-12(14-8-5-9-22-14)10-13(20)15(17(19)21)16(18)11-6-3-2-4-7-11/h2-10,18,20H,1H3. The molecule has 0 amide bonds. The molecule has 3 rings (SSSR count). The highest BCUT2D eigenvalue weighted by Crippen LogP contribution is 2.28. The molecule has 0 unspecified atom stereocenters. The van der Waals surface area contributed by atoms with Crippen LogP contribution in [0, 0.1) is 5.41 Å². The van der Waals surface area contributed by atoms with Gasteiger partial charge in [-0.15, -0.1) is 11.3 Å². The lowest BCUT2D eigenvalue weighted by Crippen LogP contribution is -2.25. The van der Waals surface area contributed by atoms with Gasteiger partial charge < -0.3 is 9.67 Å². The lowest BCUT2D eigenvalue weighted by molar-refractivity contribution is 0.471. The normalized spacial score (nSPS) is 10.6. The van der Waals surface area contributed by atoms with E-state index >= 15 is 0 Å². The van der Waals surface area contributed by atoms with Gasteiger partial charge in [0.05, 0.1) is 16.3 Å². The molecular weight excluding hydrogens is 296 g/mol. The lowest BCUT2D eigenvalue weighted by Gasteiger charge is -2.12. The SMILES string of the molecule is Cn1c(-c2cccs2)cc(O)c(C(=N)c2ccccc2)c1=O. The Balaban J connectivity index is 2.17. The number of rotatable bonds is 3. The van der Waals surface area contributed by atoms with Gasteiger partial charge in [0.15, 0.2) is 0 Å². The zero-order valence-electron chi connectivity index (χ0n) is 11.9. The lowest BCUT2D eigenvalue weighted by atomic mass is 10.0. The summed E-state index contributed by atoms with van der Waals surface area (Å²) in [5.41, 5.74) is 0.906. The molecule has 0 aliphatic rings. The Bertz CT molecular complexity index is 881. The summed E-state index contributed by atoms with van der Waals surface area (Å²) in [6, 6.07) is 14.2. The predicted molar refractivity (Wildman–Crippen MR) is 89.0 cm³/mol. The fraction of sp³-hybridized carbons (Fsp3) is 0.0588. The van der Waals surface area contributed by atoms with Crippen LogP contribution in [0.25, 0.3) is 10.6 Å². The molecule has 0 fully saturated rings. The summed E-state index contributed by atoms with van der Waals surface area (Å²) in [6.07, 6.45) is 0. The van der Waals surface area contributed by atoms with Crippen LogP contribution in [0.3, 0.4) is 0 Å². The smallest absolute Gasteiger partial charge is 0.264 e. The molecule has 2 aromatic heterocycles. The van der Waals surface area contributed by atoms with E-state index in [1.54, 1.807) is 37.4 Å². The van der Waals surface area contributed by atoms with Crippen molar-refractivity contribution in [3.8, 4) is 16.3 Å². The van der Waals surface area contributed by atoms with Gasteiger partial charge in [-0.05, 0) is 11.4 Å². The van der Waals surface area contributed by atoms with Crippen LogP contribution in [-0.4, -0.2) is 15.4 Å². The Morgan fingerprint density at radius 2 is 1.91 bits per heavy atom. The molecule has 22 heavy (non-hydrogen) atoms. The molecule has 1 aromatic carbocycles. The van der Waals surface area contributed by atoms with Crippen molar-refractivity contribution in [2.75, 3.05) is 0 Å². The van der Waals surface area contributed by atoms with Crippen molar-refractivity contribution in [3.05, 3.63) is 75.4 Å². The van der Waals surface area contributed by atoms with Crippen molar-refractivity contribution in [3.63, 3.8) is 0 Å². The summed E-state index contributed by atoms with van der Waals surface area (Å²) in [5, 5.41) is 20.4. The van der Waals surface area contributed by atoms with Crippen molar-refractivity contribution in [2.45, 2.75) is 0 Å². The van der Waals surface area contributed by atoms with Crippen molar-refractivity contribution in [2.24, 2.45) is 7.05 Å². The monoisotopic (exact) mass is 310 g/mol. The maximum atomic E-state index is 12.6. The van der Waals surface area contributed by atoms with Gasteiger partial charge in [0.25, 0.3) is 5.56 Å². The molecule has 0 radical (unpaired) electrons. The topological polar surface area (TPSA) is 66.1 Å². The van der Waals surface area contributed by atoms with E-state index in [0.717, 1.165) is 4.88 Å². The molecule has 4 nitrogen and oxygen atoms in total. The zero-order chi connectivity index (χ0) is 15.7. The van der Waals surface area contributed by atoms with E-state index in [-0.39, 0.29) is 22.6 Å². The fourth-order valence-electron chi connectivity index (χ4n) is 2.33. The molecule has 0 saturated heterocycles. The molecule has 0 aliphatic carbocycles. The van der Waals surface area contributed by atoms with Crippen molar-refractivity contribution < 1.29 is 5.11 Å². The van der Waals surface area contributed by atoms with E-state index in [4.69, 9.17) is 5.41 Å². The molecule has 3 aromatic rings. The van der Waals surface area contributed by atoms with E-state index in [0.29, 0.717) is 11.3 Å². The summed E-state index contributed by atoms with van der Waals surface area (Å²) >= 11 is 1.49. The molecule has 5 heteroatoms. The molecule has 0 spiro atoms. The minimum absolute atomic E-state index is 0.0222. The third-order valence-corrected chi connectivity index (χ3v) is 4.39. The van der Waals surface area contributed by atoms with Crippen LogP contribution in [0.5, 0.6) is 5.75 Å². The average Bonchev–Trinajstić information content (AvgIpc) is 3.06. The van der Waals surface area contributed by atoms with Gasteiger partial charge in [-0.1, -0.05) is 36.4 Å². The number of thiophene rings is 1. The minimum Gasteiger partial charge on any atom is -0.507 e. The first-order valence-corrected chi connectivity index (χ1v) is 7.59. The second-order valence-electron chi connectivity index (χ2n) is 4.87. The molecule has 0 bridgehead atoms. The number of aromatic hydroxyl groups is 1. The molecule has 0 atom stereocenters. The maximum absolute atomic E-state index is 12.6. The van der Waals surface area contributed by atoms with Crippen LogP contribution in [0.2, 0.25) is 0 Å². The van der Waals surface area contributed by atoms with Gasteiger partial charge in [-0.3, -0.25) is 10.2 Å². The van der Waals surface area contributed by atoms with Crippen LogP contribution >= 0.6 is 11.3 Å². The first-order valence-electron chi connectivity index (χ1n) is 6.71. The Hall–Kier alpha value is -2.66. The van der Waals surface area contributed by atoms with Gasteiger partial charge >= 0.3 is 0 Å². The molecule has 2 N–H and O–H groups in total. The molecular formula is C17H14N2O2S. The molecule has 2 heterocycles. The summed E-state index contributed by atoms with van der Waals surface area (Å²) in [7, 11) is 1.65. The maximum Gasteiger partial charge on any atom is 0.264 e. The Morgan fingerprint density at radius 3 is 2.55 bits per heavy atom. The second-order valence-corrected chi connectivity index (χ2v) is 5.82. The van der Waals surface area contributed by atoms with Crippen LogP contribution in [0.4, 0.5) is 0 Å². The molecule has 0 saturated carbocycles. The van der Waals surface area contributed by atoms with Gasteiger partial charge in [0.2, 0.25) is 0 Å².